The average molecular weight is 208 g/mol. The van der Waals surface area contributed by atoms with E-state index in [1.807, 2.05) is 0 Å². The molecular formula is C10H22ClNO. The van der Waals surface area contributed by atoms with E-state index in [1.54, 1.807) is 0 Å². The Morgan fingerprint density at radius 3 is 2.31 bits per heavy atom. The molecule has 0 spiro atoms. The predicted molar refractivity (Wildman–Crippen MR) is 58.0 cm³/mol. The van der Waals surface area contributed by atoms with Gasteiger partial charge in [0, 0.05) is 19.5 Å². The van der Waals surface area contributed by atoms with Crippen molar-refractivity contribution in [2.24, 2.45) is 5.92 Å². The maximum absolute atomic E-state index is 8.94. The van der Waals surface area contributed by atoms with Crippen molar-refractivity contribution < 1.29 is 5.11 Å². The van der Waals surface area contributed by atoms with Gasteiger partial charge in [0.1, 0.15) is 5.56 Å². The van der Waals surface area contributed by atoms with E-state index in [0.29, 0.717) is 12.3 Å². The van der Waals surface area contributed by atoms with Gasteiger partial charge in [-0.25, -0.2) is 0 Å². The van der Waals surface area contributed by atoms with Gasteiger partial charge in [0.2, 0.25) is 0 Å². The van der Waals surface area contributed by atoms with E-state index in [2.05, 4.69) is 25.7 Å². The maximum Gasteiger partial charge on any atom is 0.129 e. The van der Waals surface area contributed by atoms with Gasteiger partial charge < -0.3 is 10.0 Å². The van der Waals surface area contributed by atoms with Crippen LogP contribution in [0.25, 0.3) is 0 Å². The Hall–Kier alpha value is 0.210. The molecule has 0 fully saturated rings. The molecule has 1 unspecified atom stereocenters. The molecule has 0 heterocycles. The van der Waals surface area contributed by atoms with Crippen LogP contribution in [-0.2, 0) is 0 Å². The maximum atomic E-state index is 8.94. The highest BCUT2D eigenvalue weighted by atomic mass is 35.5. The largest absolute Gasteiger partial charge is 0.378 e. The normalized spacial score (nSPS) is 14.1. The van der Waals surface area contributed by atoms with E-state index < -0.39 is 5.56 Å². The number of halogens is 1. The van der Waals surface area contributed by atoms with Gasteiger partial charge in [0.15, 0.2) is 0 Å². The van der Waals surface area contributed by atoms with E-state index in [1.165, 1.54) is 0 Å². The first kappa shape index (κ1) is 13.2. The van der Waals surface area contributed by atoms with Crippen LogP contribution in [0.1, 0.15) is 33.6 Å². The van der Waals surface area contributed by atoms with Crippen LogP contribution in [-0.4, -0.2) is 35.2 Å². The lowest BCUT2D eigenvalue weighted by Gasteiger charge is -2.23. The quantitative estimate of drug-likeness (QED) is 0.648. The highest BCUT2D eigenvalue weighted by molar-refractivity contribution is 6.19. The van der Waals surface area contributed by atoms with Crippen LogP contribution in [0.2, 0.25) is 0 Å². The molecule has 0 radical (unpaired) electrons. The molecule has 0 aromatic heterocycles. The molecule has 0 aromatic rings. The van der Waals surface area contributed by atoms with Crippen LogP contribution in [0.4, 0.5) is 0 Å². The summed E-state index contributed by atoms with van der Waals surface area (Å²) in [6.07, 6.45) is 1.82. The number of aliphatic hydroxyl groups is 1. The Morgan fingerprint density at radius 1 is 1.31 bits per heavy atom. The number of alkyl halides is 1. The number of nitrogens with zero attached hydrogens (tertiary/aromatic N) is 1. The zero-order chi connectivity index (χ0) is 10.3. The van der Waals surface area contributed by atoms with Crippen LogP contribution in [0.5, 0.6) is 0 Å². The van der Waals surface area contributed by atoms with E-state index in [4.69, 9.17) is 16.7 Å². The minimum Gasteiger partial charge on any atom is -0.378 e. The topological polar surface area (TPSA) is 23.5 Å². The fourth-order valence-corrected chi connectivity index (χ4v) is 1.51. The minimum absolute atomic E-state index is 0.661. The summed E-state index contributed by atoms with van der Waals surface area (Å²) in [5.74, 6) is 0.680. The molecule has 80 valence electrons. The van der Waals surface area contributed by atoms with Gasteiger partial charge >= 0.3 is 0 Å². The van der Waals surface area contributed by atoms with Crippen molar-refractivity contribution in [3.8, 4) is 0 Å². The van der Waals surface area contributed by atoms with Crippen LogP contribution < -0.4 is 0 Å². The van der Waals surface area contributed by atoms with Crippen LogP contribution in [0.15, 0.2) is 0 Å². The van der Waals surface area contributed by atoms with Gasteiger partial charge in [-0.2, -0.15) is 0 Å². The minimum atomic E-state index is -0.688. The third kappa shape index (κ3) is 8.54. The van der Waals surface area contributed by atoms with Gasteiger partial charge in [0.05, 0.1) is 0 Å². The molecule has 0 saturated heterocycles. The number of rotatable bonds is 7. The summed E-state index contributed by atoms with van der Waals surface area (Å²) in [6, 6.07) is 0. The molecule has 0 aliphatic heterocycles. The third-order valence-corrected chi connectivity index (χ3v) is 2.06. The molecule has 0 rings (SSSR count). The average Bonchev–Trinajstić information content (AvgIpc) is 1.99. The summed E-state index contributed by atoms with van der Waals surface area (Å²) in [5.41, 5.74) is -0.688. The summed E-state index contributed by atoms with van der Waals surface area (Å²) >= 11 is 5.49. The van der Waals surface area contributed by atoms with E-state index in [-0.39, 0.29) is 0 Å². The van der Waals surface area contributed by atoms with Crippen molar-refractivity contribution in [1.29, 1.82) is 0 Å². The summed E-state index contributed by atoms with van der Waals surface area (Å²) in [6.45, 7) is 9.68. The van der Waals surface area contributed by atoms with Crippen molar-refractivity contribution in [1.82, 2.24) is 4.90 Å². The van der Waals surface area contributed by atoms with Gasteiger partial charge in [-0.15, -0.1) is 0 Å². The molecule has 0 bridgehead atoms. The van der Waals surface area contributed by atoms with Crippen molar-refractivity contribution >= 4 is 11.6 Å². The summed E-state index contributed by atoms with van der Waals surface area (Å²) in [5, 5.41) is 8.94. The Bertz CT molecular complexity index is 117. The van der Waals surface area contributed by atoms with E-state index in [0.717, 1.165) is 26.1 Å². The highest BCUT2D eigenvalue weighted by Gasteiger charge is 2.07. The summed E-state index contributed by atoms with van der Waals surface area (Å²) < 4.78 is 0. The lowest BCUT2D eigenvalue weighted by molar-refractivity contribution is 0.188. The van der Waals surface area contributed by atoms with Gasteiger partial charge in [-0.05, 0) is 18.9 Å². The smallest absolute Gasteiger partial charge is 0.129 e. The summed E-state index contributed by atoms with van der Waals surface area (Å²) in [4.78, 5) is 2.36. The molecule has 0 aliphatic carbocycles. The zero-order valence-corrected chi connectivity index (χ0v) is 9.72. The monoisotopic (exact) mass is 207 g/mol. The first-order valence-electron chi connectivity index (χ1n) is 5.10. The van der Waals surface area contributed by atoms with Crippen molar-refractivity contribution in [2.75, 3.05) is 19.6 Å². The van der Waals surface area contributed by atoms with E-state index >= 15 is 0 Å². The molecular weight excluding hydrogens is 186 g/mol. The van der Waals surface area contributed by atoms with Crippen LogP contribution in [0, 0.1) is 5.92 Å². The predicted octanol–water partition coefficient (Wildman–Crippen LogP) is 2.30. The van der Waals surface area contributed by atoms with Gasteiger partial charge in [-0.3, -0.25) is 0 Å². The molecule has 0 saturated carbocycles. The van der Waals surface area contributed by atoms with Gasteiger partial charge in [0.25, 0.3) is 0 Å². The zero-order valence-electron chi connectivity index (χ0n) is 8.96. The van der Waals surface area contributed by atoms with Crippen molar-refractivity contribution in [3.63, 3.8) is 0 Å². The molecule has 3 heteroatoms. The Morgan fingerprint density at radius 2 is 1.92 bits per heavy atom. The Kier molecular flexibility index (Phi) is 7.72. The highest BCUT2D eigenvalue weighted by Crippen LogP contribution is 2.04. The van der Waals surface area contributed by atoms with Gasteiger partial charge in [-0.1, -0.05) is 32.4 Å². The second-order valence-corrected chi connectivity index (χ2v) is 4.42. The molecule has 0 aliphatic rings. The Labute approximate surface area is 86.9 Å². The summed E-state index contributed by atoms with van der Waals surface area (Å²) in [7, 11) is 0. The lowest BCUT2D eigenvalue weighted by Crippen LogP contribution is -2.30. The molecule has 13 heavy (non-hydrogen) atoms. The molecule has 1 N–H and O–H groups in total. The lowest BCUT2D eigenvalue weighted by atomic mass is 10.2. The third-order valence-electron chi connectivity index (χ3n) is 1.85. The second-order valence-electron chi connectivity index (χ2n) is 3.92. The van der Waals surface area contributed by atoms with Crippen LogP contribution in [0.3, 0.4) is 0 Å². The molecule has 2 nitrogen and oxygen atoms in total. The molecule has 1 atom stereocenters. The molecule has 0 aromatic carbocycles. The molecule has 0 amide bonds. The standard InChI is InChI=1S/C10H22ClNO/c1-4-6-12(8-9(2)3)7-5-10(11)13/h9-10,13H,4-8H2,1-3H3. The van der Waals surface area contributed by atoms with Crippen molar-refractivity contribution in [3.05, 3.63) is 0 Å². The fraction of sp³-hybridized carbons (Fsp3) is 1.00. The second kappa shape index (κ2) is 7.60. The number of hydrogen-bond donors (Lipinski definition) is 1. The number of aliphatic hydroxyl groups excluding tert-OH is 1. The number of hydrogen-bond acceptors (Lipinski definition) is 2. The van der Waals surface area contributed by atoms with Crippen molar-refractivity contribution in [2.45, 2.75) is 39.2 Å². The first-order chi connectivity index (χ1) is 6.06. The van der Waals surface area contributed by atoms with E-state index in [9.17, 15) is 0 Å². The SMILES string of the molecule is CCCN(CCC(O)Cl)CC(C)C. The first-order valence-corrected chi connectivity index (χ1v) is 5.54. The fourth-order valence-electron chi connectivity index (χ4n) is 1.42. The Balaban J connectivity index is 3.66. The van der Waals surface area contributed by atoms with Crippen LogP contribution >= 0.6 is 11.6 Å².